The first kappa shape index (κ1) is 18.7. The van der Waals surface area contributed by atoms with E-state index in [1.807, 2.05) is 35.1 Å². The summed E-state index contributed by atoms with van der Waals surface area (Å²) in [7, 11) is 0. The molecule has 0 unspecified atom stereocenters. The Morgan fingerprint density at radius 2 is 1.96 bits per heavy atom. The molecule has 28 heavy (non-hydrogen) atoms. The lowest BCUT2D eigenvalue weighted by atomic mass is 10.1. The highest BCUT2D eigenvalue weighted by Crippen LogP contribution is 2.21. The molecule has 0 spiro atoms. The number of nitrogens with zero attached hydrogens (tertiary/aromatic N) is 2. The number of aryl methyl sites for hydroxylation is 1. The predicted octanol–water partition coefficient (Wildman–Crippen LogP) is 4.49. The normalized spacial score (nSPS) is 14.2. The van der Waals surface area contributed by atoms with Gasteiger partial charge < -0.3 is 5.32 Å². The van der Waals surface area contributed by atoms with Gasteiger partial charge in [-0.1, -0.05) is 18.9 Å². The van der Waals surface area contributed by atoms with Crippen molar-refractivity contribution in [2.75, 3.05) is 11.6 Å². The molecule has 144 valence electrons. The highest BCUT2D eigenvalue weighted by atomic mass is 32.2. The number of carbonyl (C=O) groups excluding carboxylic acids is 1. The van der Waals surface area contributed by atoms with E-state index in [0.29, 0.717) is 16.5 Å². The topological polar surface area (TPSA) is 64.0 Å². The quantitative estimate of drug-likeness (QED) is 0.666. The van der Waals surface area contributed by atoms with Crippen molar-refractivity contribution in [1.29, 1.82) is 0 Å². The largest absolute Gasteiger partial charge is 0.322 e. The average molecular weight is 394 g/mol. The van der Waals surface area contributed by atoms with Crippen molar-refractivity contribution >= 4 is 34.3 Å². The van der Waals surface area contributed by atoms with Gasteiger partial charge in [0.25, 0.3) is 11.5 Å². The van der Waals surface area contributed by atoms with Gasteiger partial charge in [-0.3, -0.25) is 14.2 Å². The van der Waals surface area contributed by atoms with Crippen molar-refractivity contribution in [2.45, 2.75) is 43.5 Å². The molecule has 5 nitrogen and oxygen atoms in total. The van der Waals surface area contributed by atoms with E-state index in [0.717, 1.165) is 48.6 Å². The van der Waals surface area contributed by atoms with Gasteiger partial charge in [0.05, 0.1) is 10.9 Å². The van der Waals surface area contributed by atoms with E-state index in [2.05, 4.69) is 5.32 Å². The average Bonchev–Trinajstić information content (AvgIpc) is 2.69. The Labute approximate surface area is 168 Å². The summed E-state index contributed by atoms with van der Waals surface area (Å²) in [6.45, 7) is 0.727. The number of hydrogen-bond acceptors (Lipinski definition) is 4. The maximum Gasteiger partial charge on any atom is 0.261 e. The Morgan fingerprint density at radius 1 is 1.11 bits per heavy atom. The van der Waals surface area contributed by atoms with E-state index >= 15 is 0 Å². The van der Waals surface area contributed by atoms with Crippen LogP contribution in [0.25, 0.3) is 10.9 Å². The van der Waals surface area contributed by atoms with Crippen LogP contribution < -0.4 is 10.9 Å². The van der Waals surface area contributed by atoms with Crippen molar-refractivity contribution in [2.24, 2.45) is 0 Å². The van der Waals surface area contributed by atoms with E-state index in [4.69, 9.17) is 4.98 Å². The fraction of sp³-hybridized carbons (Fsp3) is 0.318. The van der Waals surface area contributed by atoms with Gasteiger partial charge in [0, 0.05) is 29.1 Å². The monoisotopic (exact) mass is 393 g/mol. The third kappa shape index (κ3) is 3.83. The minimum absolute atomic E-state index is 0.00142. The molecule has 2 heterocycles. The number of anilines is 1. The molecule has 0 bridgehead atoms. The van der Waals surface area contributed by atoms with Gasteiger partial charge in [-0.2, -0.15) is 0 Å². The van der Waals surface area contributed by atoms with Crippen molar-refractivity contribution in [3.63, 3.8) is 0 Å². The molecular formula is C22H23N3O2S. The van der Waals surface area contributed by atoms with Crippen LogP contribution in [0.3, 0.4) is 0 Å². The molecule has 0 saturated carbocycles. The van der Waals surface area contributed by atoms with Gasteiger partial charge in [0.1, 0.15) is 5.82 Å². The molecular weight excluding hydrogens is 370 g/mol. The second-order valence-corrected chi connectivity index (χ2v) is 7.95. The first-order valence-electron chi connectivity index (χ1n) is 9.64. The van der Waals surface area contributed by atoms with E-state index in [1.165, 1.54) is 6.42 Å². The minimum Gasteiger partial charge on any atom is -0.322 e. The van der Waals surface area contributed by atoms with E-state index in [-0.39, 0.29) is 11.5 Å². The molecule has 1 aromatic heterocycles. The van der Waals surface area contributed by atoms with Gasteiger partial charge in [-0.05, 0) is 55.5 Å². The number of thioether (sulfide) groups is 1. The van der Waals surface area contributed by atoms with Crippen LogP contribution in [0.1, 0.15) is 41.9 Å². The Kier molecular flexibility index (Phi) is 5.48. The standard InChI is InChI=1S/C22H23N3O2S/c1-28-17-8-6-7-16(14-17)23-21(26)15-10-11-18-19(13-15)24-20-9-4-2-3-5-12-25(20)22(18)27/h6-8,10-11,13-14H,2-5,9,12H2,1H3,(H,23,26). The van der Waals surface area contributed by atoms with Gasteiger partial charge in [0.15, 0.2) is 0 Å². The summed E-state index contributed by atoms with van der Waals surface area (Å²) in [6, 6.07) is 12.9. The summed E-state index contributed by atoms with van der Waals surface area (Å²) in [4.78, 5) is 31.4. The van der Waals surface area contributed by atoms with Gasteiger partial charge in [0.2, 0.25) is 0 Å². The van der Waals surface area contributed by atoms with Crippen LogP contribution in [0.2, 0.25) is 0 Å². The van der Waals surface area contributed by atoms with E-state index in [1.54, 1.807) is 30.0 Å². The summed E-state index contributed by atoms with van der Waals surface area (Å²) >= 11 is 1.63. The number of fused-ring (bicyclic) bond motifs is 2. The van der Waals surface area contributed by atoms with Crippen LogP contribution in [0.5, 0.6) is 0 Å². The highest BCUT2D eigenvalue weighted by molar-refractivity contribution is 7.98. The maximum absolute atomic E-state index is 12.9. The first-order valence-corrected chi connectivity index (χ1v) is 10.9. The number of aromatic nitrogens is 2. The second-order valence-electron chi connectivity index (χ2n) is 7.07. The smallest absolute Gasteiger partial charge is 0.261 e. The maximum atomic E-state index is 12.9. The third-order valence-electron chi connectivity index (χ3n) is 5.16. The summed E-state index contributed by atoms with van der Waals surface area (Å²) in [5.74, 6) is 0.635. The molecule has 1 N–H and O–H groups in total. The molecule has 0 radical (unpaired) electrons. The lowest BCUT2D eigenvalue weighted by molar-refractivity contribution is 0.102. The first-order chi connectivity index (χ1) is 13.7. The zero-order valence-electron chi connectivity index (χ0n) is 15.9. The van der Waals surface area contributed by atoms with Crippen LogP contribution in [0.15, 0.2) is 52.2 Å². The summed E-state index contributed by atoms with van der Waals surface area (Å²) < 4.78 is 1.81. The summed E-state index contributed by atoms with van der Waals surface area (Å²) in [6.07, 6.45) is 7.19. The van der Waals surface area contributed by atoms with Gasteiger partial charge >= 0.3 is 0 Å². The van der Waals surface area contributed by atoms with Crippen molar-refractivity contribution < 1.29 is 4.79 Å². The van der Waals surface area contributed by atoms with Crippen LogP contribution in [-0.2, 0) is 13.0 Å². The Morgan fingerprint density at radius 3 is 2.82 bits per heavy atom. The lowest BCUT2D eigenvalue weighted by Gasteiger charge is -2.16. The molecule has 3 aromatic rings. The molecule has 4 rings (SSSR count). The number of nitrogens with one attached hydrogen (secondary N) is 1. The number of amides is 1. The van der Waals surface area contributed by atoms with Crippen LogP contribution in [0, 0.1) is 0 Å². The second kappa shape index (κ2) is 8.19. The molecule has 0 fully saturated rings. The van der Waals surface area contributed by atoms with Crippen LogP contribution in [0.4, 0.5) is 5.69 Å². The summed E-state index contributed by atoms with van der Waals surface area (Å²) in [5, 5.41) is 3.50. The molecule has 1 aliphatic rings. The molecule has 6 heteroatoms. The number of carbonyl (C=O) groups is 1. The highest BCUT2D eigenvalue weighted by Gasteiger charge is 2.15. The van der Waals surface area contributed by atoms with Crippen molar-refractivity contribution in [3.8, 4) is 0 Å². The zero-order chi connectivity index (χ0) is 19.5. The van der Waals surface area contributed by atoms with Crippen LogP contribution in [-0.4, -0.2) is 21.7 Å². The van der Waals surface area contributed by atoms with E-state index < -0.39 is 0 Å². The molecule has 1 amide bonds. The third-order valence-corrected chi connectivity index (χ3v) is 5.88. The zero-order valence-corrected chi connectivity index (χ0v) is 16.7. The number of hydrogen-bond donors (Lipinski definition) is 1. The Bertz CT molecular complexity index is 1090. The minimum atomic E-state index is -0.200. The predicted molar refractivity (Wildman–Crippen MR) is 114 cm³/mol. The van der Waals surface area contributed by atoms with Crippen molar-refractivity contribution in [3.05, 3.63) is 64.2 Å². The van der Waals surface area contributed by atoms with E-state index in [9.17, 15) is 9.59 Å². The summed E-state index contributed by atoms with van der Waals surface area (Å²) in [5.41, 5.74) is 1.86. The van der Waals surface area contributed by atoms with Crippen LogP contribution >= 0.6 is 11.8 Å². The van der Waals surface area contributed by atoms with Crippen molar-refractivity contribution in [1.82, 2.24) is 9.55 Å². The molecule has 2 aromatic carbocycles. The molecule has 0 saturated heterocycles. The van der Waals surface area contributed by atoms with Gasteiger partial charge in [-0.15, -0.1) is 11.8 Å². The SMILES string of the molecule is CSc1cccc(NC(=O)c2ccc3c(=O)n4c(nc3c2)CCCCCC4)c1. The fourth-order valence-electron chi connectivity index (χ4n) is 3.64. The molecule has 0 atom stereocenters. The van der Waals surface area contributed by atoms with Gasteiger partial charge in [-0.25, -0.2) is 4.98 Å². The number of rotatable bonds is 3. The lowest BCUT2D eigenvalue weighted by Crippen LogP contribution is -2.26. The number of benzene rings is 2. The Hall–Kier alpha value is -2.60. The molecule has 1 aliphatic heterocycles. The fourth-order valence-corrected chi connectivity index (χ4v) is 4.10. The molecule has 0 aliphatic carbocycles. The Balaban J connectivity index is 1.67.